The Morgan fingerprint density at radius 1 is 0.840 bits per heavy atom. The lowest BCUT2D eigenvalue weighted by Gasteiger charge is -2.11. The maximum atomic E-state index is 13.7. The molecule has 25 heavy (non-hydrogen) atoms. The lowest BCUT2D eigenvalue weighted by atomic mass is 10.1. The van der Waals surface area contributed by atoms with Gasteiger partial charge < -0.3 is 10.6 Å². The average Bonchev–Trinajstić information content (AvgIpc) is 2.64. The number of benzene rings is 2. The fourth-order valence-electron chi connectivity index (χ4n) is 2.73. The van der Waals surface area contributed by atoms with Gasteiger partial charge in [0, 0.05) is 23.2 Å². The van der Waals surface area contributed by atoms with Crippen molar-refractivity contribution in [3.8, 4) is 0 Å². The summed E-state index contributed by atoms with van der Waals surface area (Å²) in [5.74, 6) is -0.497. The molecular formula is C19H13FN4O. The molecule has 0 fully saturated rings. The first kappa shape index (κ1) is 15.0. The quantitative estimate of drug-likeness (QED) is 0.529. The molecule has 0 bridgehead atoms. The number of nitrogens with zero attached hydrogens (tertiary/aromatic N) is 2. The first-order chi connectivity index (χ1) is 12.2. The third-order valence-corrected chi connectivity index (χ3v) is 3.83. The van der Waals surface area contributed by atoms with Gasteiger partial charge >= 0.3 is 6.03 Å². The van der Waals surface area contributed by atoms with Crippen LogP contribution in [-0.2, 0) is 0 Å². The number of urea groups is 1. The number of halogens is 1. The molecule has 2 aromatic carbocycles. The van der Waals surface area contributed by atoms with Crippen LogP contribution in [0.4, 0.5) is 20.6 Å². The van der Waals surface area contributed by atoms with Gasteiger partial charge in [-0.3, -0.25) is 9.97 Å². The summed E-state index contributed by atoms with van der Waals surface area (Å²) in [6, 6.07) is 14.7. The number of aromatic nitrogens is 2. The molecule has 6 heteroatoms. The summed E-state index contributed by atoms with van der Waals surface area (Å²) in [6.07, 6.45) is 3.36. The Morgan fingerprint density at radius 2 is 1.56 bits per heavy atom. The summed E-state index contributed by atoms with van der Waals surface area (Å²) in [4.78, 5) is 21.0. The molecule has 0 aliphatic carbocycles. The van der Waals surface area contributed by atoms with Crippen molar-refractivity contribution in [2.75, 3.05) is 10.6 Å². The second-order valence-corrected chi connectivity index (χ2v) is 5.46. The van der Waals surface area contributed by atoms with E-state index in [1.165, 1.54) is 12.1 Å². The first-order valence-corrected chi connectivity index (χ1v) is 7.67. The van der Waals surface area contributed by atoms with Crippen LogP contribution in [0.3, 0.4) is 0 Å². The molecule has 2 heterocycles. The van der Waals surface area contributed by atoms with Crippen molar-refractivity contribution in [3.05, 3.63) is 72.8 Å². The SMILES string of the molecule is O=C(Nc1ccccc1F)Nc1cc2cccnc2c2cccnc12. The first-order valence-electron chi connectivity index (χ1n) is 7.67. The van der Waals surface area contributed by atoms with Gasteiger partial charge in [-0.2, -0.15) is 0 Å². The van der Waals surface area contributed by atoms with Crippen LogP contribution in [0.15, 0.2) is 67.0 Å². The van der Waals surface area contributed by atoms with Gasteiger partial charge in [0.1, 0.15) is 5.82 Å². The van der Waals surface area contributed by atoms with E-state index < -0.39 is 11.8 Å². The van der Waals surface area contributed by atoms with Crippen LogP contribution in [0.1, 0.15) is 0 Å². The van der Waals surface area contributed by atoms with E-state index in [9.17, 15) is 9.18 Å². The summed E-state index contributed by atoms with van der Waals surface area (Å²) >= 11 is 0. The number of pyridine rings is 2. The van der Waals surface area contributed by atoms with Gasteiger partial charge in [-0.05, 0) is 36.4 Å². The number of amides is 2. The van der Waals surface area contributed by atoms with E-state index in [-0.39, 0.29) is 5.69 Å². The highest BCUT2D eigenvalue weighted by Crippen LogP contribution is 2.29. The van der Waals surface area contributed by atoms with Gasteiger partial charge in [0.2, 0.25) is 0 Å². The zero-order chi connectivity index (χ0) is 17.2. The van der Waals surface area contributed by atoms with Crippen molar-refractivity contribution in [3.63, 3.8) is 0 Å². The van der Waals surface area contributed by atoms with Gasteiger partial charge in [-0.25, -0.2) is 9.18 Å². The maximum absolute atomic E-state index is 13.7. The van der Waals surface area contributed by atoms with Crippen LogP contribution in [0, 0.1) is 5.82 Å². The monoisotopic (exact) mass is 332 g/mol. The number of hydrogen-bond donors (Lipinski definition) is 2. The van der Waals surface area contributed by atoms with Crippen LogP contribution in [-0.4, -0.2) is 16.0 Å². The number of fused-ring (bicyclic) bond motifs is 3. The highest BCUT2D eigenvalue weighted by atomic mass is 19.1. The fourth-order valence-corrected chi connectivity index (χ4v) is 2.73. The molecular weight excluding hydrogens is 319 g/mol. The molecule has 0 saturated heterocycles. The zero-order valence-electron chi connectivity index (χ0n) is 13.0. The Hall–Kier alpha value is -3.54. The second-order valence-electron chi connectivity index (χ2n) is 5.46. The van der Waals surface area contributed by atoms with Gasteiger partial charge in [0.25, 0.3) is 0 Å². The molecule has 122 valence electrons. The molecule has 0 unspecified atom stereocenters. The van der Waals surface area contributed by atoms with Crippen molar-refractivity contribution in [1.82, 2.24) is 9.97 Å². The third-order valence-electron chi connectivity index (χ3n) is 3.83. The standard InChI is InChI=1S/C19H13FN4O/c20-14-7-1-2-8-15(14)23-19(25)24-16-11-12-5-3-9-21-17(12)13-6-4-10-22-18(13)16/h1-11H,(H2,23,24,25). The van der Waals surface area contributed by atoms with Crippen LogP contribution in [0.25, 0.3) is 21.8 Å². The summed E-state index contributed by atoms with van der Waals surface area (Å²) < 4.78 is 13.7. The van der Waals surface area contributed by atoms with Gasteiger partial charge in [-0.1, -0.05) is 18.2 Å². The van der Waals surface area contributed by atoms with Crippen molar-refractivity contribution in [2.45, 2.75) is 0 Å². The highest BCUT2D eigenvalue weighted by molar-refractivity contribution is 6.13. The Morgan fingerprint density at radius 3 is 2.40 bits per heavy atom. The van der Waals surface area contributed by atoms with E-state index in [2.05, 4.69) is 20.6 Å². The molecule has 0 aliphatic rings. The highest BCUT2D eigenvalue weighted by Gasteiger charge is 2.12. The number of carbonyl (C=O) groups excluding carboxylic acids is 1. The average molecular weight is 332 g/mol. The minimum absolute atomic E-state index is 0.111. The van der Waals surface area contributed by atoms with Crippen LogP contribution in [0.5, 0.6) is 0 Å². The smallest absolute Gasteiger partial charge is 0.306 e. The number of rotatable bonds is 2. The summed E-state index contributed by atoms with van der Waals surface area (Å²) in [5, 5.41) is 6.96. The molecule has 2 aromatic heterocycles. The third kappa shape index (κ3) is 2.85. The molecule has 5 nitrogen and oxygen atoms in total. The summed E-state index contributed by atoms with van der Waals surface area (Å²) in [7, 11) is 0. The van der Waals surface area contributed by atoms with Crippen molar-refractivity contribution in [2.24, 2.45) is 0 Å². The normalized spacial score (nSPS) is 10.8. The van der Waals surface area contributed by atoms with Crippen LogP contribution in [0.2, 0.25) is 0 Å². The van der Waals surface area contributed by atoms with Crippen LogP contribution < -0.4 is 10.6 Å². The van der Waals surface area contributed by atoms with E-state index in [0.29, 0.717) is 11.2 Å². The Labute approximate surface area is 142 Å². The number of carbonyl (C=O) groups is 1. The lowest BCUT2D eigenvalue weighted by Crippen LogP contribution is -2.20. The van der Waals surface area contributed by atoms with E-state index in [1.54, 1.807) is 30.6 Å². The Kier molecular flexibility index (Phi) is 3.70. The van der Waals surface area contributed by atoms with E-state index in [0.717, 1.165) is 16.3 Å². The Balaban J connectivity index is 1.73. The van der Waals surface area contributed by atoms with E-state index in [4.69, 9.17) is 0 Å². The summed E-state index contributed by atoms with van der Waals surface area (Å²) in [6.45, 7) is 0. The number of hydrogen-bond acceptors (Lipinski definition) is 3. The largest absolute Gasteiger partial charge is 0.323 e. The van der Waals surface area contributed by atoms with Gasteiger partial charge in [0.15, 0.2) is 0 Å². The van der Waals surface area contributed by atoms with Gasteiger partial charge in [0.05, 0.1) is 22.4 Å². The summed E-state index contributed by atoms with van der Waals surface area (Å²) in [5.41, 5.74) is 2.08. The molecule has 4 rings (SSSR count). The van der Waals surface area contributed by atoms with E-state index >= 15 is 0 Å². The van der Waals surface area contributed by atoms with Gasteiger partial charge in [-0.15, -0.1) is 0 Å². The molecule has 0 atom stereocenters. The predicted molar refractivity (Wildman–Crippen MR) is 96.1 cm³/mol. The molecule has 2 amide bonds. The molecule has 0 aliphatic heterocycles. The minimum atomic E-state index is -0.541. The number of para-hydroxylation sites is 1. The zero-order valence-corrected chi connectivity index (χ0v) is 13.0. The molecule has 0 saturated carbocycles. The van der Waals surface area contributed by atoms with Crippen molar-refractivity contribution < 1.29 is 9.18 Å². The fraction of sp³-hybridized carbons (Fsp3) is 0. The maximum Gasteiger partial charge on any atom is 0.323 e. The van der Waals surface area contributed by atoms with Crippen LogP contribution >= 0.6 is 0 Å². The molecule has 0 radical (unpaired) electrons. The predicted octanol–water partition coefficient (Wildman–Crippen LogP) is 4.57. The topological polar surface area (TPSA) is 66.9 Å². The lowest BCUT2D eigenvalue weighted by molar-refractivity contribution is 0.262. The van der Waals surface area contributed by atoms with E-state index in [1.807, 2.05) is 24.3 Å². The number of anilines is 2. The van der Waals surface area contributed by atoms with Crippen molar-refractivity contribution >= 4 is 39.2 Å². The second kappa shape index (κ2) is 6.16. The Bertz CT molecular complexity index is 1100. The molecule has 2 N–H and O–H groups in total. The molecule has 0 spiro atoms. The van der Waals surface area contributed by atoms with Crippen molar-refractivity contribution in [1.29, 1.82) is 0 Å². The number of nitrogens with one attached hydrogen (secondary N) is 2. The minimum Gasteiger partial charge on any atom is -0.306 e. The molecule has 4 aromatic rings.